The quantitative estimate of drug-likeness (QED) is 0.286. The van der Waals surface area contributed by atoms with E-state index in [0.29, 0.717) is 76.5 Å². The summed E-state index contributed by atoms with van der Waals surface area (Å²) < 4.78 is 58.9. The second-order valence-corrected chi connectivity index (χ2v) is 14.7. The first-order valence-electron chi connectivity index (χ1n) is 18.5. The van der Waals surface area contributed by atoms with Crippen molar-refractivity contribution < 1.29 is 42.1 Å². The molecule has 6 rings (SSSR count). The molecule has 2 aromatic carbocycles. The summed E-state index contributed by atoms with van der Waals surface area (Å²) in [4.78, 5) is 32.8. The Morgan fingerprint density at radius 1 is 0.922 bits per heavy atom. The van der Waals surface area contributed by atoms with E-state index in [-0.39, 0.29) is 29.7 Å². The van der Waals surface area contributed by atoms with Crippen LogP contribution in [-0.4, -0.2) is 105 Å². The number of methoxy groups -OCH3 is 2. The van der Waals surface area contributed by atoms with Crippen LogP contribution < -0.4 is 9.64 Å². The number of alkyl halides is 3. The Kier molecular flexibility index (Phi) is 11.8. The molecule has 0 unspecified atom stereocenters. The van der Waals surface area contributed by atoms with Crippen molar-refractivity contribution in [3.05, 3.63) is 59.2 Å². The van der Waals surface area contributed by atoms with Crippen molar-refractivity contribution in [1.82, 2.24) is 9.80 Å². The minimum Gasteiger partial charge on any atom is -0.497 e. The predicted octanol–water partition coefficient (Wildman–Crippen LogP) is 6.41. The van der Waals surface area contributed by atoms with Crippen molar-refractivity contribution in [3.8, 4) is 5.75 Å². The minimum absolute atomic E-state index is 0.0209. The fourth-order valence-corrected chi connectivity index (χ4v) is 9.07. The average molecular weight is 716 g/mol. The van der Waals surface area contributed by atoms with E-state index in [9.17, 15) is 27.9 Å². The molecule has 1 aliphatic carbocycles. The standard InChI is InChI=1S/C39H52F3N3O6/c1-4-51-32-12-8-29(9-13-32)44-22-34(25-5-10-31(50-3)11-6-25)35(23-44)37(46)45-21-27(19-30(45)24-49-2)33-14-7-28(39(40,41)42)20-36(33)43-17-15-26(16-18-43)38(47)48/h5-7,10-11,14,20,26-27,29-30,32,34-35H,4,8-9,12-13,15-19,21-24H2,1-3H3,(H,47,48)/t27-,29?,30+,32?,34+,35-/m1/s1. The van der Waals surface area contributed by atoms with Gasteiger partial charge in [0.2, 0.25) is 5.91 Å². The molecule has 51 heavy (non-hydrogen) atoms. The zero-order chi connectivity index (χ0) is 36.3. The molecule has 2 aromatic rings. The van der Waals surface area contributed by atoms with Gasteiger partial charge >= 0.3 is 12.1 Å². The SMILES string of the molecule is CCOC1CCC(N2C[C@@H](C(=O)N3C[C@H](c4ccc(C(F)(F)F)cc4N4CCC(C(=O)O)CC4)C[C@H]3COC)[C@H](c3ccc(OC)cc3)C2)CC1. The maximum atomic E-state index is 14.8. The van der Waals surface area contributed by atoms with Gasteiger partial charge in [0.25, 0.3) is 0 Å². The molecule has 1 N–H and O–H groups in total. The number of carboxylic acid groups (broad SMARTS) is 1. The van der Waals surface area contributed by atoms with Crippen LogP contribution in [0.15, 0.2) is 42.5 Å². The van der Waals surface area contributed by atoms with Crippen LogP contribution in [-0.2, 0) is 25.2 Å². The second-order valence-electron chi connectivity index (χ2n) is 14.7. The number of hydrogen-bond acceptors (Lipinski definition) is 7. The molecule has 4 fully saturated rings. The highest BCUT2D eigenvalue weighted by Gasteiger charge is 2.47. The summed E-state index contributed by atoms with van der Waals surface area (Å²) in [5, 5.41) is 9.53. The summed E-state index contributed by atoms with van der Waals surface area (Å²) in [6.45, 7) is 5.58. The molecule has 12 heteroatoms. The van der Waals surface area contributed by atoms with Gasteiger partial charge in [0.15, 0.2) is 0 Å². The van der Waals surface area contributed by atoms with E-state index in [4.69, 9.17) is 14.2 Å². The van der Waals surface area contributed by atoms with Gasteiger partial charge in [0.05, 0.1) is 43.3 Å². The molecule has 4 aliphatic rings. The first-order valence-corrected chi connectivity index (χ1v) is 18.5. The lowest BCUT2D eigenvalue weighted by molar-refractivity contribution is -0.142. The molecule has 0 radical (unpaired) electrons. The molecule has 9 nitrogen and oxygen atoms in total. The number of carboxylic acids is 1. The van der Waals surface area contributed by atoms with E-state index in [0.717, 1.165) is 55.2 Å². The highest BCUT2D eigenvalue weighted by molar-refractivity contribution is 5.82. The number of aliphatic carboxylic acids is 1. The molecular weight excluding hydrogens is 663 g/mol. The summed E-state index contributed by atoms with van der Waals surface area (Å²) in [5.41, 5.74) is 1.60. The molecule has 3 aliphatic heterocycles. The maximum absolute atomic E-state index is 14.8. The van der Waals surface area contributed by atoms with Gasteiger partial charge in [-0.3, -0.25) is 14.5 Å². The highest BCUT2D eigenvalue weighted by Crippen LogP contribution is 2.44. The summed E-state index contributed by atoms with van der Waals surface area (Å²) in [6.07, 6.45) is 1.14. The monoisotopic (exact) mass is 715 g/mol. The van der Waals surface area contributed by atoms with Gasteiger partial charge in [-0.25, -0.2) is 0 Å². The van der Waals surface area contributed by atoms with Gasteiger partial charge in [-0.2, -0.15) is 13.2 Å². The number of likely N-dealkylation sites (tertiary alicyclic amines) is 2. The van der Waals surface area contributed by atoms with Crippen molar-refractivity contribution in [2.75, 3.05) is 65.1 Å². The lowest BCUT2D eigenvalue weighted by Crippen LogP contribution is -2.44. The number of halogens is 3. The van der Waals surface area contributed by atoms with Crippen LogP contribution in [0.3, 0.4) is 0 Å². The first kappa shape index (κ1) is 37.4. The van der Waals surface area contributed by atoms with E-state index >= 15 is 0 Å². The van der Waals surface area contributed by atoms with Crippen LogP contribution in [0.25, 0.3) is 0 Å². The number of piperidine rings is 1. The molecule has 0 aromatic heterocycles. The summed E-state index contributed by atoms with van der Waals surface area (Å²) in [5.74, 6) is -1.08. The second kappa shape index (κ2) is 16.1. The number of nitrogens with zero attached hydrogens (tertiary/aromatic N) is 3. The zero-order valence-corrected chi connectivity index (χ0v) is 29.9. The van der Waals surface area contributed by atoms with Crippen LogP contribution in [0.1, 0.15) is 80.4 Å². The number of carbonyl (C=O) groups excluding carboxylic acids is 1. The fraction of sp³-hybridized carbons (Fsp3) is 0.641. The van der Waals surface area contributed by atoms with Crippen LogP contribution in [0.4, 0.5) is 18.9 Å². The van der Waals surface area contributed by atoms with Gasteiger partial charge in [0.1, 0.15) is 5.75 Å². The van der Waals surface area contributed by atoms with Crippen molar-refractivity contribution in [2.45, 2.75) is 88.1 Å². The third kappa shape index (κ3) is 8.33. The number of benzene rings is 2. The van der Waals surface area contributed by atoms with Gasteiger partial charge < -0.3 is 29.1 Å². The Labute approximate surface area is 299 Å². The number of rotatable bonds is 11. The molecule has 3 saturated heterocycles. The van der Waals surface area contributed by atoms with Crippen LogP contribution >= 0.6 is 0 Å². The Bertz CT molecular complexity index is 1490. The normalized spacial score (nSPS) is 28.0. The van der Waals surface area contributed by atoms with Crippen molar-refractivity contribution in [2.24, 2.45) is 11.8 Å². The molecule has 0 bridgehead atoms. The average Bonchev–Trinajstić information content (AvgIpc) is 3.77. The number of anilines is 1. The van der Waals surface area contributed by atoms with Crippen LogP contribution in [0.5, 0.6) is 5.75 Å². The van der Waals surface area contributed by atoms with Crippen LogP contribution in [0.2, 0.25) is 0 Å². The van der Waals surface area contributed by atoms with Crippen molar-refractivity contribution in [1.29, 1.82) is 0 Å². The molecular formula is C39H52F3N3O6. The Balaban J connectivity index is 1.27. The lowest BCUT2D eigenvalue weighted by Gasteiger charge is -2.35. The van der Waals surface area contributed by atoms with E-state index in [1.807, 2.05) is 28.9 Å². The zero-order valence-electron chi connectivity index (χ0n) is 29.9. The van der Waals surface area contributed by atoms with E-state index in [1.165, 1.54) is 6.07 Å². The highest BCUT2D eigenvalue weighted by atomic mass is 19.4. The van der Waals surface area contributed by atoms with Gasteiger partial charge in [0, 0.05) is 70.0 Å². The number of carbonyl (C=O) groups is 2. The third-order valence-corrected chi connectivity index (χ3v) is 11.8. The smallest absolute Gasteiger partial charge is 0.416 e. The molecule has 280 valence electrons. The Morgan fingerprint density at radius 3 is 2.24 bits per heavy atom. The van der Waals surface area contributed by atoms with Crippen molar-refractivity contribution >= 4 is 17.6 Å². The van der Waals surface area contributed by atoms with E-state index in [2.05, 4.69) is 17.0 Å². The predicted molar refractivity (Wildman–Crippen MR) is 187 cm³/mol. The topological polar surface area (TPSA) is 91.8 Å². The largest absolute Gasteiger partial charge is 0.497 e. The van der Waals surface area contributed by atoms with Crippen LogP contribution in [0, 0.1) is 11.8 Å². The summed E-state index contributed by atoms with van der Waals surface area (Å²) >= 11 is 0. The number of hydrogen-bond donors (Lipinski definition) is 1. The molecule has 1 saturated carbocycles. The maximum Gasteiger partial charge on any atom is 0.416 e. The Morgan fingerprint density at radius 2 is 1.63 bits per heavy atom. The van der Waals surface area contributed by atoms with Gasteiger partial charge in [-0.15, -0.1) is 0 Å². The molecule has 1 amide bonds. The third-order valence-electron chi connectivity index (χ3n) is 11.8. The minimum atomic E-state index is -4.52. The van der Waals surface area contributed by atoms with Gasteiger partial charge in [-0.1, -0.05) is 18.2 Å². The fourth-order valence-electron chi connectivity index (χ4n) is 9.07. The summed E-state index contributed by atoms with van der Waals surface area (Å²) in [6, 6.07) is 12.1. The molecule has 4 atom stereocenters. The molecule has 0 spiro atoms. The lowest BCUT2D eigenvalue weighted by atomic mass is 9.87. The number of amides is 1. The molecule has 3 heterocycles. The van der Waals surface area contributed by atoms with Crippen molar-refractivity contribution in [3.63, 3.8) is 0 Å². The van der Waals surface area contributed by atoms with E-state index < -0.39 is 23.6 Å². The number of ether oxygens (including phenoxy) is 3. The van der Waals surface area contributed by atoms with E-state index in [1.54, 1.807) is 20.3 Å². The first-order chi connectivity index (χ1) is 24.5. The summed E-state index contributed by atoms with van der Waals surface area (Å²) in [7, 11) is 3.25. The Hall–Kier alpha value is -3.35. The van der Waals surface area contributed by atoms with Gasteiger partial charge in [-0.05, 0) is 87.3 Å².